The molecule has 36 heavy (non-hydrogen) atoms. The maximum atomic E-state index is 14.1. The molecule has 0 unspecified atom stereocenters. The molecule has 2 saturated heterocycles. The number of halogens is 5. The number of likely N-dealkylation sites (tertiary alicyclic amines) is 1. The summed E-state index contributed by atoms with van der Waals surface area (Å²) in [6.45, 7) is 3.78. The summed E-state index contributed by atoms with van der Waals surface area (Å²) in [6, 6.07) is 9.30. The summed E-state index contributed by atoms with van der Waals surface area (Å²) in [5, 5.41) is 0. The van der Waals surface area contributed by atoms with Crippen molar-refractivity contribution in [3.63, 3.8) is 0 Å². The molecule has 7 nitrogen and oxygen atoms in total. The smallest absolute Gasteiger partial charge is 0.434 e. The Labute approximate surface area is 205 Å². The van der Waals surface area contributed by atoms with Gasteiger partial charge in [0.1, 0.15) is 5.82 Å². The Morgan fingerprint density at radius 1 is 1.08 bits per heavy atom. The van der Waals surface area contributed by atoms with Crippen molar-refractivity contribution >= 4 is 11.9 Å². The van der Waals surface area contributed by atoms with E-state index in [1.54, 1.807) is 11.8 Å². The van der Waals surface area contributed by atoms with E-state index in [0.29, 0.717) is 25.8 Å². The van der Waals surface area contributed by atoms with Gasteiger partial charge in [-0.2, -0.15) is 13.2 Å². The van der Waals surface area contributed by atoms with Gasteiger partial charge in [0.15, 0.2) is 11.3 Å². The van der Waals surface area contributed by atoms with Crippen LogP contribution in [0.3, 0.4) is 0 Å². The molecule has 2 aromatic rings. The van der Waals surface area contributed by atoms with Crippen LogP contribution in [0.15, 0.2) is 42.7 Å². The Morgan fingerprint density at radius 3 is 2.33 bits per heavy atom. The molecule has 2 fully saturated rings. The van der Waals surface area contributed by atoms with E-state index in [2.05, 4.69) is 14.9 Å². The van der Waals surface area contributed by atoms with Crippen LogP contribution in [0, 0.1) is 0 Å². The molecule has 2 aliphatic heterocycles. The summed E-state index contributed by atoms with van der Waals surface area (Å²) in [4.78, 5) is 25.4. The van der Waals surface area contributed by atoms with E-state index in [0.717, 1.165) is 11.8 Å². The molecule has 196 valence electrons. The second-order valence-corrected chi connectivity index (χ2v) is 9.24. The Balaban J connectivity index is 1.34. The lowest BCUT2D eigenvalue weighted by Gasteiger charge is -2.44. The first-order valence-corrected chi connectivity index (χ1v) is 11.8. The van der Waals surface area contributed by atoms with E-state index >= 15 is 0 Å². The standard InChI is InChI=1S/C24H28F5N5O2/c1-17-15-33(20-14-30-19(13-31-20)24(27,28)29)11-12-34(17)22(35)36-23(21(25)26)7-9-32(10-8-23)16-18-5-3-2-4-6-18/h2-6,13-14,17,21H,7-12,15-16H2,1H3/t17-/m1/s1. The quantitative estimate of drug-likeness (QED) is 0.551. The number of hydrogen-bond donors (Lipinski definition) is 0. The number of nitrogens with zero attached hydrogens (tertiary/aromatic N) is 5. The minimum atomic E-state index is -4.58. The first kappa shape index (κ1) is 26.1. The van der Waals surface area contributed by atoms with Crippen molar-refractivity contribution in [2.24, 2.45) is 0 Å². The molecule has 4 rings (SSSR count). The lowest BCUT2D eigenvalue weighted by Crippen LogP contribution is -2.58. The molecule has 0 saturated carbocycles. The summed E-state index contributed by atoms with van der Waals surface area (Å²) in [6.07, 6.45) is -6.45. The lowest BCUT2D eigenvalue weighted by molar-refractivity contribution is -0.141. The number of anilines is 1. The topological polar surface area (TPSA) is 61.8 Å². The van der Waals surface area contributed by atoms with Gasteiger partial charge in [-0.3, -0.25) is 4.90 Å². The maximum absolute atomic E-state index is 14.1. The zero-order valence-corrected chi connectivity index (χ0v) is 19.8. The van der Waals surface area contributed by atoms with Crippen molar-refractivity contribution < 1.29 is 31.5 Å². The van der Waals surface area contributed by atoms with Crippen molar-refractivity contribution in [1.29, 1.82) is 0 Å². The summed E-state index contributed by atoms with van der Waals surface area (Å²) < 4.78 is 72.0. The molecule has 0 radical (unpaired) electrons. The summed E-state index contributed by atoms with van der Waals surface area (Å²) >= 11 is 0. The third-order valence-electron chi connectivity index (χ3n) is 6.75. The highest BCUT2D eigenvalue weighted by molar-refractivity contribution is 5.69. The first-order chi connectivity index (χ1) is 17.1. The highest BCUT2D eigenvalue weighted by Crippen LogP contribution is 2.34. The Kier molecular flexibility index (Phi) is 7.62. The van der Waals surface area contributed by atoms with Gasteiger partial charge >= 0.3 is 12.3 Å². The fraction of sp³-hybridized carbons (Fsp3) is 0.542. The fourth-order valence-corrected chi connectivity index (χ4v) is 4.60. The van der Waals surface area contributed by atoms with E-state index in [-0.39, 0.29) is 38.3 Å². The van der Waals surface area contributed by atoms with Crippen LogP contribution < -0.4 is 4.90 Å². The van der Waals surface area contributed by atoms with Crippen LogP contribution in [0.5, 0.6) is 0 Å². The molecule has 0 bridgehead atoms. The second kappa shape index (κ2) is 10.5. The van der Waals surface area contributed by atoms with Crippen LogP contribution >= 0.6 is 0 Å². The lowest BCUT2D eigenvalue weighted by atomic mass is 9.91. The van der Waals surface area contributed by atoms with Gasteiger partial charge in [-0.15, -0.1) is 0 Å². The van der Waals surface area contributed by atoms with E-state index in [1.165, 1.54) is 4.90 Å². The molecule has 1 aromatic heterocycles. The average molecular weight is 514 g/mol. The number of carbonyl (C=O) groups excluding carboxylic acids is 1. The number of aromatic nitrogens is 2. The molecule has 12 heteroatoms. The molecule has 0 aliphatic carbocycles. The van der Waals surface area contributed by atoms with Crippen LogP contribution in [0.2, 0.25) is 0 Å². The second-order valence-electron chi connectivity index (χ2n) is 9.24. The number of hydrogen-bond acceptors (Lipinski definition) is 6. The van der Waals surface area contributed by atoms with Crippen LogP contribution in [0.4, 0.5) is 32.6 Å². The van der Waals surface area contributed by atoms with Crippen LogP contribution in [-0.2, 0) is 17.5 Å². The third kappa shape index (κ3) is 5.85. The monoisotopic (exact) mass is 513 g/mol. The molecular formula is C24H28F5N5O2. The Morgan fingerprint density at radius 2 is 1.78 bits per heavy atom. The number of ether oxygens (including phenoxy) is 1. The highest BCUT2D eigenvalue weighted by atomic mass is 19.4. The van der Waals surface area contributed by atoms with Crippen molar-refractivity contribution in [3.8, 4) is 0 Å². The number of amides is 1. The third-order valence-corrected chi connectivity index (χ3v) is 6.75. The van der Waals surface area contributed by atoms with Crippen LogP contribution in [0.1, 0.15) is 31.0 Å². The van der Waals surface area contributed by atoms with Gasteiger partial charge in [-0.25, -0.2) is 23.5 Å². The van der Waals surface area contributed by atoms with Crippen LogP contribution in [0.25, 0.3) is 0 Å². The van der Waals surface area contributed by atoms with E-state index < -0.39 is 36.0 Å². The fourth-order valence-electron chi connectivity index (χ4n) is 4.60. The Bertz CT molecular complexity index is 1010. The molecule has 1 aromatic carbocycles. The molecule has 2 aliphatic rings. The first-order valence-electron chi connectivity index (χ1n) is 11.8. The van der Waals surface area contributed by atoms with Crippen molar-refractivity contribution in [2.75, 3.05) is 37.6 Å². The Hall–Kier alpha value is -3.02. The summed E-state index contributed by atoms with van der Waals surface area (Å²) in [7, 11) is 0. The molecule has 0 N–H and O–H groups in total. The normalized spacial score (nSPS) is 21.0. The molecular weight excluding hydrogens is 485 g/mol. The predicted molar refractivity (Wildman–Crippen MR) is 122 cm³/mol. The number of rotatable bonds is 5. The van der Waals surface area contributed by atoms with Gasteiger partial charge < -0.3 is 14.5 Å². The van der Waals surface area contributed by atoms with Crippen molar-refractivity contribution in [1.82, 2.24) is 19.8 Å². The van der Waals surface area contributed by atoms with Gasteiger partial charge in [0.05, 0.1) is 12.4 Å². The van der Waals surface area contributed by atoms with E-state index in [1.807, 2.05) is 30.3 Å². The van der Waals surface area contributed by atoms with Crippen molar-refractivity contribution in [3.05, 3.63) is 54.0 Å². The number of carbonyl (C=O) groups is 1. The largest absolute Gasteiger partial charge is 0.437 e. The number of benzene rings is 1. The predicted octanol–water partition coefficient (Wildman–Crippen LogP) is 4.44. The van der Waals surface area contributed by atoms with Crippen LogP contribution in [-0.4, -0.2) is 76.7 Å². The number of alkyl halides is 5. The molecule has 3 heterocycles. The SMILES string of the molecule is C[C@@H]1CN(c2cnc(C(F)(F)F)cn2)CCN1C(=O)OC1(C(F)F)CCN(Cc2ccccc2)CC1. The summed E-state index contributed by atoms with van der Waals surface area (Å²) in [5.74, 6) is 0.248. The highest BCUT2D eigenvalue weighted by Gasteiger charge is 2.47. The summed E-state index contributed by atoms with van der Waals surface area (Å²) in [5.41, 5.74) is -1.85. The molecule has 1 atom stereocenters. The van der Waals surface area contributed by atoms with E-state index in [9.17, 15) is 26.7 Å². The molecule has 1 amide bonds. The molecule has 0 spiro atoms. The van der Waals surface area contributed by atoms with Gasteiger partial charge in [0, 0.05) is 58.2 Å². The van der Waals surface area contributed by atoms with Gasteiger partial charge in [0.25, 0.3) is 6.43 Å². The zero-order chi connectivity index (χ0) is 25.9. The number of piperazine rings is 1. The van der Waals surface area contributed by atoms with Gasteiger partial charge in [-0.05, 0) is 12.5 Å². The maximum Gasteiger partial charge on any atom is 0.434 e. The zero-order valence-electron chi connectivity index (χ0n) is 19.8. The van der Waals surface area contributed by atoms with Gasteiger partial charge in [-0.1, -0.05) is 30.3 Å². The van der Waals surface area contributed by atoms with Gasteiger partial charge in [0.2, 0.25) is 0 Å². The number of piperidine rings is 1. The average Bonchev–Trinajstić information content (AvgIpc) is 2.85. The van der Waals surface area contributed by atoms with Crippen molar-refractivity contribution in [2.45, 2.75) is 50.6 Å². The minimum absolute atomic E-state index is 0.0265. The minimum Gasteiger partial charge on any atom is -0.437 e. The van der Waals surface area contributed by atoms with E-state index in [4.69, 9.17) is 4.74 Å².